The predicted octanol–water partition coefficient (Wildman–Crippen LogP) is 5.54. The maximum Gasteiger partial charge on any atom is 0.235 e. The number of aromatic nitrogens is 3. The molecule has 1 amide bonds. The Kier molecular flexibility index (Phi) is 7.91. The molecule has 0 radical (unpaired) electrons. The second-order valence-corrected chi connectivity index (χ2v) is 10.6. The average molecular weight is 496 g/mol. The molecule has 1 aromatic carbocycles. The van der Waals surface area contributed by atoms with Crippen LogP contribution in [-0.2, 0) is 24.2 Å². The number of nitrogens with one attached hydrogen (secondary N) is 1. The quantitative estimate of drug-likeness (QED) is 0.392. The number of nitriles is 1. The molecule has 178 valence electrons. The van der Waals surface area contributed by atoms with E-state index in [2.05, 4.69) is 40.0 Å². The third kappa shape index (κ3) is 5.29. The van der Waals surface area contributed by atoms with Crippen LogP contribution in [0.2, 0.25) is 0 Å². The lowest BCUT2D eigenvalue weighted by molar-refractivity contribution is -0.113. The third-order valence-electron chi connectivity index (χ3n) is 6.01. The first-order chi connectivity index (χ1) is 16.5. The number of methoxy groups -OCH3 is 1. The molecule has 0 fully saturated rings. The Morgan fingerprint density at radius 1 is 1.35 bits per heavy atom. The molecule has 0 saturated heterocycles. The fourth-order valence-corrected chi connectivity index (χ4v) is 6.26. The average Bonchev–Trinajstić information content (AvgIpc) is 3.41. The summed E-state index contributed by atoms with van der Waals surface area (Å²) in [6.45, 7) is 5.16. The van der Waals surface area contributed by atoms with Crippen LogP contribution in [0, 0.1) is 17.2 Å². The molecule has 1 atom stereocenters. The summed E-state index contributed by atoms with van der Waals surface area (Å²) in [6.07, 6.45) is 5.02. The Labute approximate surface area is 208 Å². The van der Waals surface area contributed by atoms with Gasteiger partial charge in [-0.1, -0.05) is 32.0 Å². The number of rotatable bonds is 9. The number of nitrogens with zero attached hydrogens (tertiary/aromatic N) is 4. The van der Waals surface area contributed by atoms with E-state index in [4.69, 9.17) is 4.74 Å². The molecule has 2 heterocycles. The van der Waals surface area contributed by atoms with Crippen LogP contribution in [0.15, 0.2) is 29.4 Å². The van der Waals surface area contributed by atoms with Crippen molar-refractivity contribution in [1.29, 1.82) is 5.26 Å². The Balaban J connectivity index is 1.47. The number of ether oxygens (including phenoxy) is 1. The lowest BCUT2D eigenvalue weighted by Crippen LogP contribution is -2.15. The van der Waals surface area contributed by atoms with Gasteiger partial charge in [0.25, 0.3) is 0 Å². The molecule has 1 aliphatic rings. The molecule has 34 heavy (non-hydrogen) atoms. The number of fused-ring (bicyclic) bond motifs is 1. The Morgan fingerprint density at radius 3 is 2.85 bits per heavy atom. The van der Waals surface area contributed by atoms with E-state index >= 15 is 0 Å². The van der Waals surface area contributed by atoms with Gasteiger partial charge >= 0.3 is 0 Å². The van der Waals surface area contributed by atoms with Gasteiger partial charge in [-0.25, -0.2) is 0 Å². The van der Waals surface area contributed by atoms with E-state index in [1.807, 2.05) is 24.3 Å². The molecule has 7 nitrogen and oxygen atoms in total. The molecule has 1 unspecified atom stereocenters. The van der Waals surface area contributed by atoms with E-state index < -0.39 is 0 Å². The van der Waals surface area contributed by atoms with Crippen molar-refractivity contribution in [2.75, 3.05) is 18.2 Å². The predicted molar refractivity (Wildman–Crippen MR) is 136 cm³/mol. The van der Waals surface area contributed by atoms with Crippen LogP contribution in [0.3, 0.4) is 0 Å². The number of anilines is 1. The molecular formula is C25H29N5O2S2. The molecule has 1 N–H and O–H groups in total. The summed E-state index contributed by atoms with van der Waals surface area (Å²) >= 11 is 2.92. The van der Waals surface area contributed by atoms with Crippen molar-refractivity contribution in [1.82, 2.24) is 14.8 Å². The number of thiophene rings is 1. The van der Waals surface area contributed by atoms with Crippen molar-refractivity contribution in [3.05, 3.63) is 40.3 Å². The van der Waals surface area contributed by atoms with Crippen LogP contribution >= 0.6 is 23.1 Å². The molecule has 0 aliphatic heterocycles. The molecule has 0 saturated carbocycles. The highest BCUT2D eigenvalue weighted by atomic mass is 32.2. The Morgan fingerprint density at radius 2 is 2.15 bits per heavy atom. The van der Waals surface area contributed by atoms with Crippen LogP contribution in [0.1, 0.15) is 49.1 Å². The molecular weight excluding hydrogens is 466 g/mol. The van der Waals surface area contributed by atoms with Crippen molar-refractivity contribution in [2.24, 2.45) is 5.92 Å². The van der Waals surface area contributed by atoms with Crippen molar-refractivity contribution in [3.63, 3.8) is 0 Å². The van der Waals surface area contributed by atoms with Crippen LogP contribution in [0.4, 0.5) is 5.00 Å². The maximum absolute atomic E-state index is 12.8. The standard InChI is InChI=1S/C25H29N5O2S2/c1-4-5-12-30-23(17-7-9-18(32-3)10-8-17)28-29-25(30)33-15-22(31)27-24-20(14-26)19-11-6-16(2)13-21(19)34-24/h7-10,16H,4-6,11-13,15H2,1-3H3,(H,27,31). The van der Waals surface area contributed by atoms with Gasteiger partial charge in [-0.3, -0.25) is 4.79 Å². The van der Waals surface area contributed by atoms with Gasteiger partial charge in [0.2, 0.25) is 5.91 Å². The van der Waals surface area contributed by atoms with Gasteiger partial charge in [0.1, 0.15) is 16.8 Å². The second kappa shape index (κ2) is 11.1. The van der Waals surface area contributed by atoms with Crippen LogP contribution in [-0.4, -0.2) is 33.5 Å². The topological polar surface area (TPSA) is 92.8 Å². The van der Waals surface area contributed by atoms with Crippen LogP contribution < -0.4 is 10.1 Å². The number of hydrogen-bond donors (Lipinski definition) is 1. The van der Waals surface area contributed by atoms with Gasteiger partial charge in [0.05, 0.1) is 18.4 Å². The summed E-state index contributed by atoms with van der Waals surface area (Å²) in [5, 5.41) is 22.9. The van der Waals surface area contributed by atoms with Crippen molar-refractivity contribution < 1.29 is 9.53 Å². The van der Waals surface area contributed by atoms with Crippen LogP contribution in [0.25, 0.3) is 11.4 Å². The summed E-state index contributed by atoms with van der Waals surface area (Å²) in [5.74, 6) is 2.26. The van der Waals surface area contributed by atoms with Crippen molar-refractivity contribution in [2.45, 2.75) is 57.7 Å². The molecule has 3 aromatic rings. The minimum atomic E-state index is -0.135. The lowest BCUT2D eigenvalue weighted by Gasteiger charge is -2.17. The van der Waals surface area contributed by atoms with Crippen LogP contribution in [0.5, 0.6) is 5.75 Å². The zero-order chi connectivity index (χ0) is 24.1. The summed E-state index contributed by atoms with van der Waals surface area (Å²) in [7, 11) is 1.64. The van der Waals surface area contributed by atoms with E-state index in [1.54, 1.807) is 18.4 Å². The third-order valence-corrected chi connectivity index (χ3v) is 8.15. The van der Waals surface area contributed by atoms with Gasteiger partial charge in [0.15, 0.2) is 11.0 Å². The van der Waals surface area contributed by atoms with Gasteiger partial charge < -0.3 is 14.6 Å². The Hall–Kier alpha value is -2.83. The van der Waals surface area contributed by atoms with Crippen molar-refractivity contribution in [3.8, 4) is 23.2 Å². The molecule has 0 spiro atoms. The zero-order valence-electron chi connectivity index (χ0n) is 19.8. The van der Waals surface area contributed by atoms with Crippen molar-refractivity contribution >= 4 is 34.0 Å². The lowest BCUT2D eigenvalue weighted by atomic mass is 9.89. The number of benzene rings is 1. The maximum atomic E-state index is 12.8. The fourth-order valence-electron chi connectivity index (χ4n) is 4.12. The van der Waals surface area contributed by atoms with E-state index in [9.17, 15) is 10.1 Å². The SMILES string of the molecule is CCCCn1c(SCC(=O)Nc2sc3c(c2C#N)CCC(C)C3)nnc1-c1ccc(OC)cc1. The molecule has 2 aromatic heterocycles. The second-order valence-electron chi connectivity index (χ2n) is 8.54. The highest BCUT2D eigenvalue weighted by Crippen LogP contribution is 2.39. The Bertz CT molecular complexity index is 1190. The smallest absolute Gasteiger partial charge is 0.235 e. The molecule has 0 bridgehead atoms. The normalized spacial score (nSPS) is 14.9. The summed E-state index contributed by atoms with van der Waals surface area (Å²) in [4.78, 5) is 14.0. The first-order valence-electron chi connectivity index (χ1n) is 11.6. The van der Waals surface area contributed by atoms with Gasteiger partial charge in [-0.15, -0.1) is 21.5 Å². The highest BCUT2D eigenvalue weighted by molar-refractivity contribution is 7.99. The molecule has 4 rings (SSSR count). The summed E-state index contributed by atoms with van der Waals surface area (Å²) < 4.78 is 7.34. The molecule has 9 heteroatoms. The summed E-state index contributed by atoms with van der Waals surface area (Å²) in [5.41, 5.74) is 2.72. The number of carbonyl (C=O) groups is 1. The number of thioether (sulfide) groups is 1. The van der Waals surface area contributed by atoms with Gasteiger partial charge in [-0.05, 0) is 61.4 Å². The number of carbonyl (C=O) groups excluding carboxylic acids is 1. The molecule has 1 aliphatic carbocycles. The fraction of sp³-hybridized carbons (Fsp3) is 0.440. The monoisotopic (exact) mass is 495 g/mol. The minimum absolute atomic E-state index is 0.135. The van der Waals surface area contributed by atoms with E-state index in [0.29, 0.717) is 21.6 Å². The number of amides is 1. The zero-order valence-corrected chi connectivity index (χ0v) is 21.4. The summed E-state index contributed by atoms with van der Waals surface area (Å²) in [6, 6.07) is 10.1. The van der Waals surface area contributed by atoms with E-state index in [0.717, 1.165) is 61.3 Å². The van der Waals surface area contributed by atoms with E-state index in [1.165, 1.54) is 16.6 Å². The minimum Gasteiger partial charge on any atom is -0.497 e. The highest BCUT2D eigenvalue weighted by Gasteiger charge is 2.25. The van der Waals surface area contributed by atoms with Gasteiger partial charge in [0, 0.05) is 17.0 Å². The van der Waals surface area contributed by atoms with E-state index in [-0.39, 0.29) is 11.7 Å². The first-order valence-corrected chi connectivity index (χ1v) is 13.4. The van der Waals surface area contributed by atoms with Gasteiger partial charge in [-0.2, -0.15) is 5.26 Å². The first kappa shape index (κ1) is 24.3. The number of unbranched alkanes of at least 4 members (excludes halogenated alkanes) is 1. The largest absolute Gasteiger partial charge is 0.497 e. The number of hydrogen-bond acceptors (Lipinski definition) is 7.